The second-order valence-electron chi connectivity index (χ2n) is 7.52. The number of ether oxygens (including phenoxy) is 1. The maximum atomic E-state index is 14.5. The lowest BCUT2D eigenvalue weighted by Gasteiger charge is -2.18. The molecule has 0 atom stereocenters. The Morgan fingerprint density at radius 2 is 1.76 bits per heavy atom. The average molecular weight is 459 g/mol. The Kier molecular flexibility index (Phi) is 5.80. The summed E-state index contributed by atoms with van der Waals surface area (Å²) in [5.41, 5.74) is 0.704. The fraction of sp³-hybridized carbons (Fsp3) is 0.167. The van der Waals surface area contributed by atoms with E-state index in [4.69, 9.17) is 9.84 Å². The number of halogens is 4. The Bertz CT molecular complexity index is 1240. The molecular formula is C24H17F4NO4. The number of hydrogen-bond donors (Lipinski definition) is 1. The number of carbonyl (C=O) groups excluding carboxylic acids is 1. The van der Waals surface area contributed by atoms with Crippen LogP contribution in [0.5, 0.6) is 5.75 Å². The Morgan fingerprint density at radius 1 is 1.03 bits per heavy atom. The SMILES string of the molecule is O=C(O)Cc1cccc(COc2cccc3c2CN(c2ccc(C(F)(F)F)cc2F)C3=O)c1. The number of aliphatic carboxylic acids is 1. The van der Waals surface area contributed by atoms with E-state index in [1.54, 1.807) is 42.5 Å². The summed E-state index contributed by atoms with van der Waals surface area (Å²) < 4.78 is 58.8. The molecule has 0 spiro atoms. The maximum Gasteiger partial charge on any atom is 0.416 e. The zero-order valence-corrected chi connectivity index (χ0v) is 17.0. The second-order valence-corrected chi connectivity index (χ2v) is 7.52. The van der Waals surface area contributed by atoms with Gasteiger partial charge in [-0.05, 0) is 41.5 Å². The zero-order valence-electron chi connectivity index (χ0n) is 17.0. The number of carboxylic acids is 1. The first-order valence-corrected chi connectivity index (χ1v) is 9.86. The number of hydrogen-bond acceptors (Lipinski definition) is 3. The lowest BCUT2D eigenvalue weighted by Crippen LogP contribution is -2.24. The van der Waals surface area contributed by atoms with Gasteiger partial charge in [0.25, 0.3) is 5.91 Å². The molecule has 1 amide bonds. The van der Waals surface area contributed by atoms with Crippen molar-refractivity contribution in [1.29, 1.82) is 0 Å². The van der Waals surface area contributed by atoms with Gasteiger partial charge >= 0.3 is 12.1 Å². The van der Waals surface area contributed by atoms with Gasteiger partial charge in [0.1, 0.15) is 18.2 Å². The molecule has 3 aromatic rings. The Balaban J connectivity index is 1.55. The van der Waals surface area contributed by atoms with Crippen molar-refractivity contribution < 1.29 is 37.0 Å². The van der Waals surface area contributed by atoms with E-state index in [1.807, 2.05) is 0 Å². The first-order chi connectivity index (χ1) is 15.6. The summed E-state index contributed by atoms with van der Waals surface area (Å²) in [4.78, 5) is 24.8. The van der Waals surface area contributed by atoms with Crippen LogP contribution in [-0.4, -0.2) is 17.0 Å². The number of rotatable bonds is 6. The van der Waals surface area contributed by atoms with Crippen LogP contribution in [0.3, 0.4) is 0 Å². The average Bonchev–Trinajstić information content (AvgIpc) is 3.08. The van der Waals surface area contributed by atoms with Crippen molar-refractivity contribution in [1.82, 2.24) is 0 Å². The van der Waals surface area contributed by atoms with Gasteiger partial charge in [0.15, 0.2) is 0 Å². The first kappa shape index (κ1) is 22.3. The van der Waals surface area contributed by atoms with Crippen LogP contribution in [0.25, 0.3) is 0 Å². The van der Waals surface area contributed by atoms with E-state index in [-0.39, 0.29) is 30.8 Å². The molecule has 0 saturated carbocycles. The molecule has 0 radical (unpaired) electrons. The van der Waals surface area contributed by atoms with E-state index >= 15 is 0 Å². The normalized spacial score (nSPS) is 13.2. The lowest BCUT2D eigenvalue weighted by molar-refractivity contribution is -0.138. The molecule has 4 rings (SSSR count). The number of carboxylic acid groups (broad SMARTS) is 1. The first-order valence-electron chi connectivity index (χ1n) is 9.86. The van der Waals surface area contributed by atoms with Crippen LogP contribution in [0.1, 0.15) is 32.6 Å². The Morgan fingerprint density at radius 3 is 2.45 bits per heavy atom. The molecule has 0 unspecified atom stereocenters. The molecule has 0 bridgehead atoms. The van der Waals surface area contributed by atoms with Crippen LogP contribution in [0.2, 0.25) is 0 Å². The molecule has 3 aromatic carbocycles. The van der Waals surface area contributed by atoms with Gasteiger partial charge in [0.2, 0.25) is 0 Å². The predicted molar refractivity (Wildman–Crippen MR) is 110 cm³/mol. The van der Waals surface area contributed by atoms with Gasteiger partial charge in [-0.2, -0.15) is 13.2 Å². The number of amides is 1. The van der Waals surface area contributed by atoms with Crippen LogP contribution in [-0.2, 0) is 30.5 Å². The smallest absolute Gasteiger partial charge is 0.416 e. The molecule has 0 aliphatic carbocycles. The summed E-state index contributed by atoms with van der Waals surface area (Å²) in [5.74, 6) is -2.27. The largest absolute Gasteiger partial charge is 0.489 e. The quantitative estimate of drug-likeness (QED) is 0.514. The minimum Gasteiger partial charge on any atom is -0.489 e. The molecule has 9 heteroatoms. The molecule has 33 heavy (non-hydrogen) atoms. The van der Waals surface area contributed by atoms with E-state index in [0.29, 0.717) is 22.9 Å². The third-order valence-corrected chi connectivity index (χ3v) is 5.23. The van der Waals surface area contributed by atoms with Crippen molar-refractivity contribution >= 4 is 17.6 Å². The molecule has 1 aliphatic rings. The summed E-state index contributed by atoms with van der Waals surface area (Å²) in [6.45, 7) is 0.0401. The predicted octanol–water partition coefficient (Wildman–Crippen LogP) is 5.21. The third kappa shape index (κ3) is 4.67. The van der Waals surface area contributed by atoms with E-state index in [0.717, 1.165) is 22.6 Å². The van der Waals surface area contributed by atoms with Gasteiger partial charge in [-0.1, -0.05) is 30.3 Å². The van der Waals surface area contributed by atoms with E-state index in [1.165, 1.54) is 0 Å². The van der Waals surface area contributed by atoms with Crippen LogP contribution in [0.15, 0.2) is 60.7 Å². The van der Waals surface area contributed by atoms with Crippen LogP contribution in [0.4, 0.5) is 23.2 Å². The molecule has 1 N–H and O–H groups in total. The van der Waals surface area contributed by atoms with Crippen LogP contribution < -0.4 is 9.64 Å². The number of benzene rings is 3. The van der Waals surface area contributed by atoms with Crippen LogP contribution in [0, 0.1) is 5.82 Å². The van der Waals surface area contributed by atoms with E-state index < -0.39 is 29.4 Å². The van der Waals surface area contributed by atoms with Crippen molar-refractivity contribution in [2.24, 2.45) is 0 Å². The summed E-state index contributed by atoms with van der Waals surface area (Å²) in [6, 6.07) is 13.7. The zero-order chi connectivity index (χ0) is 23.8. The van der Waals surface area contributed by atoms with Gasteiger partial charge in [-0.25, -0.2) is 4.39 Å². The second kappa shape index (κ2) is 8.57. The highest BCUT2D eigenvalue weighted by molar-refractivity contribution is 6.10. The Hall–Kier alpha value is -3.88. The number of alkyl halides is 3. The summed E-state index contributed by atoms with van der Waals surface area (Å²) in [6.07, 6.45) is -4.82. The third-order valence-electron chi connectivity index (χ3n) is 5.23. The van der Waals surface area contributed by atoms with Crippen molar-refractivity contribution in [3.05, 3.63) is 94.3 Å². The summed E-state index contributed by atoms with van der Waals surface area (Å²) >= 11 is 0. The Labute approximate surface area is 185 Å². The van der Waals surface area contributed by atoms with Crippen molar-refractivity contribution in [2.75, 3.05) is 4.90 Å². The minimum absolute atomic E-state index is 0.0638. The van der Waals surface area contributed by atoms with Gasteiger partial charge in [0.05, 0.1) is 24.2 Å². The van der Waals surface area contributed by atoms with E-state index in [2.05, 4.69) is 0 Å². The van der Waals surface area contributed by atoms with Crippen molar-refractivity contribution in [3.63, 3.8) is 0 Å². The molecule has 0 aromatic heterocycles. The van der Waals surface area contributed by atoms with Gasteiger partial charge in [-0.15, -0.1) is 0 Å². The van der Waals surface area contributed by atoms with Gasteiger partial charge in [0, 0.05) is 11.1 Å². The number of fused-ring (bicyclic) bond motifs is 1. The van der Waals surface area contributed by atoms with Crippen LogP contribution >= 0.6 is 0 Å². The summed E-state index contributed by atoms with van der Waals surface area (Å²) in [5, 5.41) is 8.94. The number of anilines is 1. The number of nitrogens with zero attached hydrogens (tertiary/aromatic N) is 1. The van der Waals surface area contributed by atoms with Gasteiger partial charge < -0.3 is 14.7 Å². The maximum absolute atomic E-state index is 14.5. The molecule has 5 nitrogen and oxygen atoms in total. The van der Waals surface area contributed by atoms with E-state index in [9.17, 15) is 27.2 Å². The molecule has 0 fully saturated rings. The standard InChI is InChI=1S/C24H17F4NO4/c25-19-11-16(24(26,27)28)7-8-20(19)29-12-18-17(23(29)32)5-2-6-21(18)33-13-15-4-1-3-14(9-15)10-22(30)31/h1-9,11H,10,12-13H2,(H,30,31). The topological polar surface area (TPSA) is 66.8 Å². The highest BCUT2D eigenvalue weighted by Gasteiger charge is 2.35. The number of carbonyl (C=O) groups is 2. The van der Waals surface area contributed by atoms with Crippen molar-refractivity contribution in [2.45, 2.75) is 25.7 Å². The molecule has 0 saturated heterocycles. The molecule has 1 heterocycles. The lowest BCUT2D eigenvalue weighted by atomic mass is 10.1. The minimum atomic E-state index is -4.69. The molecular weight excluding hydrogens is 442 g/mol. The van der Waals surface area contributed by atoms with Gasteiger partial charge in [-0.3, -0.25) is 9.59 Å². The monoisotopic (exact) mass is 459 g/mol. The van der Waals surface area contributed by atoms with Crippen molar-refractivity contribution in [3.8, 4) is 5.75 Å². The molecule has 1 aliphatic heterocycles. The fourth-order valence-electron chi connectivity index (χ4n) is 3.70. The highest BCUT2D eigenvalue weighted by atomic mass is 19.4. The highest BCUT2D eigenvalue weighted by Crippen LogP contribution is 2.37. The molecule has 170 valence electrons. The summed E-state index contributed by atoms with van der Waals surface area (Å²) in [7, 11) is 0. The fourth-order valence-corrected chi connectivity index (χ4v) is 3.70.